The van der Waals surface area contributed by atoms with Crippen molar-refractivity contribution in [3.63, 3.8) is 0 Å². The first-order chi connectivity index (χ1) is 21.8. The summed E-state index contributed by atoms with van der Waals surface area (Å²) >= 11 is 0. The van der Waals surface area contributed by atoms with Gasteiger partial charge in [-0.2, -0.15) is 0 Å². The Hall–Kier alpha value is -5.94. The molecule has 0 N–H and O–H groups in total. The van der Waals surface area contributed by atoms with Crippen molar-refractivity contribution >= 4 is 66.5 Å². The average molecular weight is 564 g/mol. The summed E-state index contributed by atoms with van der Waals surface area (Å²) in [5.41, 5.74) is 12.3. The Kier molecular flexibility index (Phi) is 4.71. The zero-order valence-electron chi connectivity index (χ0n) is 23.7. The number of anilines is 3. The Bertz CT molecular complexity index is 2560. The van der Waals surface area contributed by atoms with Crippen LogP contribution in [0.15, 0.2) is 140 Å². The van der Waals surface area contributed by atoms with Gasteiger partial charge in [-0.25, -0.2) is 9.97 Å². The molecular formula is C39H25N5. The van der Waals surface area contributed by atoms with Crippen molar-refractivity contribution in [2.75, 3.05) is 4.90 Å². The van der Waals surface area contributed by atoms with E-state index in [1.54, 1.807) is 0 Å². The second kappa shape index (κ2) is 8.79. The largest absolute Gasteiger partial charge is 0.310 e. The highest BCUT2D eigenvalue weighted by atomic mass is 15.2. The van der Waals surface area contributed by atoms with Crippen LogP contribution in [-0.4, -0.2) is 18.9 Å². The van der Waals surface area contributed by atoms with Crippen molar-refractivity contribution in [3.8, 4) is 5.95 Å². The monoisotopic (exact) mass is 563 g/mol. The van der Waals surface area contributed by atoms with Crippen LogP contribution in [-0.2, 0) is 6.42 Å². The summed E-state index contributed by atoms with van der Waals surface area (Å²) in [6, 6.07) is 49.6. The highest BCUT2D eigenvalue weighted by molar-refractivity contribution is 6.11. The molecule has 206 valence electrons. The van der Waals surface area contributed by atoms with E-state index < -0.39 is 0 Å². The highest BCUT2D eigenvalue weighted by Gasteiger charge is 2.25. The van der Waals surface area contributed by atoms with Crippen LogP contribution in [0.3, 0.4) is 0 Å². The first-order valence-corrected chi connectivity index (χ1v) is 15.0. The van der Waals surface area contributed by atoms with Gasteiger partial charge in [0.05, 0.1) is 27.6 Å². The van der Waals surface area contributed by atoms with E-state index in [2.05, 4.69) is 141 Å². The molecule has 0 fully saturated rings. The fraction of sp³-hybridized carbons (Fsp3) is 0.0256. The van der Waals surface area contributed by atoms with Gasteiger partial charge in [0.25, 0.3) is 0 Å². The molecule has 1 aliphatic heterocycles. The van der Waals surface area contributed by atoms with Crippen LogP contribution < -0.4 is 4.90 Å². The molecule has 0 bridgehead atoms. The van der Waals surface area contributed by atoms with E-state index >= 15 is 0 Å². The van der Waals surface area contributed by atoms with Crippen molar-refractivity contribution < 1.29 is 0 Å². The van der Waals surface area contributed by atoms with Gasteiger partial charge in [0.1, 0.15) is 5.65 Å². The van der Waals surface area contributed by atoms with Gasteiger partial charge in [-0.1, -0.05) is 78.9 Å². The standard InChI is InChI=1S/C39H25N5/c1-7-17-33-25(11-1)23-26-12-2-8-18-34(26)42(33)27-21-22-36-30(24-27)28-13-4-9-19-35(28)43(36)39-41-31-15-5-3-14-29(31)38-40-32-16-6-10-20-37(32)44(38)39/h1-22,24H,23H2. The number of imidazole rings is 1. The van der Waals surface area contributed by atoms with Gasteiger partial charge in [0.2, 0.25) is 5.95 Å². The quantitative estimate of drug-likeness (QED) is 0.210. The number of fused-ring (bicyclic) bond motifs is 10. The Morgan fingerprint density at radius 2 is 1.09 bits per heavy atom. The lowest BCUT2D eigenvalue weighted by Crippen LogP contribution is -2.18. The summed E-state index contributed by atoms with van der Waals surface area (Å²) in [5.74, 6) is 0.833. The normalized spacial score (nSPS) is 12.9. The van der Waals surface area contributed by atoms with Gasteiger partial charge in [-0.15, -0.1) is 0 Å². The Morgan fingerprint density at radius 3 is 1.89 bits per heavy atom. The number of benzene rings is 6. The summed E-state index contributed by atoms with van der Waals surface area (Å²) in [6.07, 6.45) is 0.937. The summed E-state index contributed by atoms with van der Waals surface area (Å²) < 4.78 is 4.52. The fourth-order valence-corrected chi connectivity index (χ4v) is 7.16. The Morgan fingerprint density at radius 1 is 0.477 bits per heavy atom. The Balaban J connectivity index is 1.30. The predicted octanol–water partition coefficient (Wildman–Crippen LogP) is 9.51. The van der Waals surface area contributed by atoms with Crippen molar-refractivity contribution in [3.05, 3.63) is 151 Å². The summed E-state index contributed by atoms with van der Waals surface area (Å²) in [4.78, 5) is 12.8. The molecule has 0 unspecified atom stereocenters. The topological polar surface area (TPSA) is 38.4 Å². The fourth-order valence-electron chi connectivity index (χ4n) is 7.16. The summed E-state index contributed by atoms with van der Waals surface area (Å²) in [7, 11) is 0. The van der Waals surface area contributed by atoms with E-state index in [1.807, 2.05) is 12.1 Å². The molecular weight excluding hydrogens is 538 g/mol. The minimum atomic E-state index is 0.833. The first kappa shape index (κ1) is 23.6. The van der Waals surface area contributed by atoms with Gasteiger partial charge >= 0.3 is 0 Å². The summed E-state index contributed by atoms with van der Waals surface area (Å²) in [6.45, 7) is 0. The van der Waals surface area contributed by atoms with Crippen molar-refractivity contribution in [1.82, 2.24) is 18.9 Å². The SMILES string of the molecule is c1ccc2c(c1)Cc1ccccc1N2c1ccc2c(c1)c1ccccc1n2-c1nc2ccccc2c2nc3ccccc3n12. The predicted molar refractivity (Wildman–Crippen MR) is 180 cm³/mol. The molecule has 9 aromatic rings. The van der Waals surface area contributed by atoms with Crippen LogP contribution >= 0.6 is 0 Å². The van der Waals surface area contributed by atoms with E-state index in [-0.39, 0.29) is 0 Å². The summed E-state index contributed by atoms with van der Waals surface area (Å²) in [5, 5.41) is 3.42. The van der Waals surface area contributed by atoms with Gasteiger partial charge in [-0.05, 0) is 71.8 Å². The van der Waals surface area contributed by atoms with E-state index in [0.29, 0.717) is 0 Å². The van der Waals surface area contributed by atoms with E-state index in [9.17, 15) is 0 Å². The lowest BCUT2D eigenvalue weighted by molar-refractivity contribution is 0.979. The number of hydrogen-bond acceptors (Lipinski definition) is 3. The number of para-hydroxylation sites is 6. The van der Waals surface area contributed by atoms with Crippen molar-refractivity contribution in [2.24, 2.45) is 0 Å². The van der Waals surface area contributed by atoms with Gasteiger partial charge in [-0.3, -0.25) is 8.97 Å². The zero-order chi connectivity index (χ0) is 28.8. The molecule has 0 aliphatic carbocycles. The molecule has 5 nitrogen and oxygen atoms in total. The van der Waals surface area contributed by atoms with E-state index in [0.717, 1.165) is 56.7 Å². The van der Waals surface area contributed by atoms with Crippen LogP contribution in [0.1, 0.15) is 11.1 Å². The van der Waals surface area contributed by atoms with Crippen molar-refractivity contribution in [1.29, 1.82) is 0 Å². The molecule has 44 heavy (non-hydrogen) atoms. The number of aromatic nitrogens is 4. The molecule has 6 aromatic carbocycles. The van der Waals surface area contributed by atoms with Crippen LogP contribution in [0.2, 0.25) is 0 Å². The number of rotatable bonds is 2. The molecule has 3 aromatic heterocycles. The minimum absolute atomic E-state index is 0.833. The average Bonchev–Trinajstić information content (AvgIpc) is 3.63. The molecule has 0 amide bonds. The maximum absolute atomic E-state index is 5.32. The second-order valence-electron chi connectivity index (χ2n) is 11.5. The molecule has 0 atom stereocenters. The van der Waals surface area contributed by atoms with E-state index in [1.165, 1.54) is 33.3 Å². The number of hydrogen-bond donors (Lipinski definition) is 0. The third kappa shape index (κ3) is 3.18. The van der Waals surface area contributed by atoms with Crippen LogP contribution in [0.5, 0.6) is 0 Å². The van der Waals surface area contributed by atoms with Crippen LogP contribution in [0.25, 0.3) is 55.3 Å². The second-order valence-corrected chi connectivity index (χ2v) is 11.5. The highest BCUT2D eigenvalue weighted by Crippen LogP contribution is 2.45. The lowest BCUT2D eigenvalue weighted by Gasteiger charge is -2.33. The molecule has 10 rings (SSSR count). The number of nitrogens with zero attached hydrogens (tertiary/aromatic N) is 5. The maximum Gasteiger partial charge on any atom is 0.221 e. The smallest absolute Gasteiger partial charge is 0.221 e. The first-order valence-electron chi connectivity index (χ1n) is 15.0. The molecule has 1 aliphatic rings. The van der Waals surface area contributed by atoms with E-state index in [4.69, 9.17) is 9.97 Å². The van der Waals surface area contributed by atoms with Crippen LogP contribution in [0.4, 0.5) is 17.1 Å². The molecule has 0 spiro atoms. The van der Waals surface area contributed by atoms with Gasteiger partial charge in [0, 0.05) is 39.6 Å². The van der Waals surface area contributed by atoms with Gasteiger partial charge < -0.3 is 4.90 Å². The van der Waals surface area contributed by atoms with Crippen molar-refractivity contribution in [2.45, 2.75) is 6.42 Å². The minimum Gasteiger partial charge on any atom is -0.310 e. The third-order valence-electron chi connectivity index (χ3n) is 9.09. The molecule has 0 saturated heterocycles. The molecule has 0 saturated carbocycles. The molecule has 5 heteroatoms. The molecule has 4 heterocycles. The Labute approximate surface area is 252 Å². The third-order valence-corrected chi connectivity index (χ3v) is 9.09. The van der Waals surface area contributed by atoms with Crippen LogP contribution in [0, 0.1) is 0 Å². The zero-order valence-corrected chi connectivity index (χ0v) is 23.7. The molecule has 0 radical (unpaired) electrons. The lowest BCUT2D eigenvalue weighted by atomic mass is 9.95. The maximum atomic E-state index is 5.32. The van der Waals surface area contributed by atoms with Gasteiger partial charge in [0.15, 0.2) is 0 Å².